The Morgan fingerprint density at radius 1 is 1.38 bits per heavy atom. The van der Waals surface area contributed by atoms with E-state index < -0.39 is 5.97 Å². The molecule has 0 atom stereocenters. The monoisotopic (exact) mass is 290 g/mol. The van der Waals surface area contributed by atoms with Crippen molar-refractivity contribution in [3.05, 3.63) is 42.2 Å². The van der Waals surface area contributed by atoms with Gasteiger partial charge in [-0.3, -0.25) is 9.69 Å². The molecule has 0 saturated carbocycles. The zero-order valence-electron chi connectivity index (χ0n) is 11.9. The number of aromatic nitrogens is 1. The summed E-state index contributed by atoms with van der Waals surface area (Å²) in [6.45, 7) is 1.30. The van der Waals surface area contributed by atoms with Gasteiger partial charge in [-0.1, -0.05) is 35.5 Å². The largest absolute Gasteiger partial charge is 0.480 e. The SMILES string of the molecule is COCCN(CC(=O)O)Cc1cc(-c2ccccc2)no1. The first-order chi connectivity index (χ1) is 10.2. The standard InChI is InChI=1S/C15H18N2O4/c1-20-8-7-17(11-15(18)19)10-13-9-14(16-21-13)12-5-3-2-4-6-12/h2-6,9H,7-8,10-11H2,1H3,(H,18,19). The first-order valence-corrected chi connectivity index (χ1v) is 6.63. The van der Waals surface area contributed by atoms with Crippen molar-refractivity contribution in [1.82, 2.24) is 10.1 Å². The van der Waals surface area contributed by atoms with Crippen molar-refractivity contribution >= 4 is 5.97 Å². The molecule has 0 spiro atoms. The average molecular weight is 290 g/mol. The van der Waals surface area contributed by atoms with Gasteiger partial charge in [-0.25, -0.2) is 0 Å². The molecular formula is C15H18N2O4. The van der Waals surface area contributed by atoms with Gasteiger partial charge >= 0.3 is 5.97 Å². The Balaban J connectivity index is 2.03. The maximum Gasteiger partial charge on any atom is 0.317 e. The second-order valence-electron chi connectivity index (χ2n) is 4.64. The molecule has 1 aromatic heterocycles. The molecular weight excluding hydrogens is 272 g/mol. The van der Waals surface area contributed by atoms with E-state index in [4.69, 9.17) is 14.4 Å². The minimum absolute atomic E-state index is 0.0648. The van der Waals surface area contributed by atoms with E-state index in [0.717, 1.165) is 11.3 Å². The van der Waals surface area contributed by atoms with Gasteiger partial charge in [-0.15, -0.1) is 0 Å². The number of hydrogen-bond donors (Lipinski definition) is 1. The second kappa shape index (κ2) is 7.56. The summed E-state index contributed by atoms with van der Waals surface area (Å²) < 4.78 is 10.3. The van der Waals surface area contributed by atoms with Crippen LogP contribution in [0.25, 0.3) is 11.3 Å². The Kier molecular flexibility index (Phi) is 5.48. The second-order valence-corrected chi connectivity index (χ2v) is 4.64. The van der Waals surface area contributed by atoms with Crippen molar-refractivity contribution < 1.29 is 19.2 Å². The summed E-state index contributed by atoms with van der Waals surface area (Å²) in [5, 5.41) is 12.9. The summed E-state index contributed by atoms with van der Waals surface area (Å²) in [6, 6.07) is 11.5. The molecule has 6 heteroatoms. The van der Waals surface area contributed by atoms with Crippen molar-refractivity contribution in [1.29, 1.82) is 0 Å². The maximum atomic E-state index is 10.9. The fraction of sp³-hybridized carbons (Fsp3) is 0.333. The van der Waals surface area contributed by atoms with E-state index in [-0.39, 0.29) is 6.54 Å². The highest BCUT2D eigenvalue weighted by Crippen LogP contribution is 2.19. The van der Waals surface area contributed by atoms with Gasteiger partial charge in [0.25, 0.3) is 0 Å². The lowest BCUT2D eigenvalue weighted by molar-refractivity contribution is -0.138. The van der Waals surface area contributed by atoms with Crippen LogP contribution in [0.5, 0.6) is 0 Å². The highest BCUT2D eigenvalue weighted by atomic mass is 16.5. The number of rotatable bonds is 8. The third-order valence-electron chi connectivity index (χ3n) is 2.98. The Bertz CT molecular complexity index is 568. The van der Waals surface area contributed by atoms with Crippen LogP contribution in [0.4, 0.5) is 0 Å². The number of carboxylic acid groups (broad SMARTS) is 1. The van der Waals surface area contributed by atoms with E-state index in [1.165, 1.54) is 0 Å². The molecule has 2 rings (SSSR count). The molecule has 0 aliphatic heterocycles. The van der Waals surface area contributed by atoms with E-state index in [0.29, 0.717) is 25.5 Å². The summed E-state index contributed by atoms with van der Waals surface area (Å²) in [6.07, 6.45) is 0. The number of methoxy groups -OCH3 is 1. The predicted molar refractivity (Wildman–Crippen MR) is 76.7 cm³/mol. The molecule has 0 amide bonds. The summed E-state index contributed by atoms with van der Waals surface area (Å²) in [5.74, 6) is -0.250. The number of ether oxygens (including phenoxy) is 1. The van der Waals surface area contributed by atoms with E-state index >= 15 is 0 Å². The lowest BCUT2D eigenvalue weighted by Crippen LogP contribution is -2.32. The van der Waals surface area contributed by atoms with Gasteiger partial charge in [0.1, 0.15) is 5.69 Å². The van der Waals surface area contributed by atoms with Crippen LogP contribution in [-0.4, -0.2) is 47.9 Å². The zero-order chi connectivity index (χ0) is 15.1. The molecule has 1 N–H and O–H groups in total. The molecule has 0 aliphatic rings. The molecule has 0 aliphatic carbocycles. The number of hydrogen-bond acceptors (Lipinski definition) is 5. The molecule has 6 nitrogen and oxygen atoms in total. The predicted octanol–water partition coefficient (Wildman–Crippen LogP) is 1.87. The van der Waals surface area contributed by atoms with Crippen molar-refractivity contribution in [2.24, 2.45) is 0 Å². The summed E-state index contributed by atoms with van der Waals surface area (Å²) in [5.41, 5.74) is 1.71. The molecule has 112 valence electrons. The highest BCUT2D eigenvalue weighted by molar-refractivity contribution is 5.69. The van der Waals surface area contributed by atoms with Crippen LogP contribution in [0.3, 0.4) is 0 Å². The number of nitrogens with zero attached hydrogens (tertiary/aromatic N) is 2. The number of carbonyl (C=O) groups is 1. The van der Waals surface area contributed by atoms with Crippen LogP contribution >= 0.6 is 0 Å². The van der Waals surface area contributed by atoms with Crippen molar-refractivity contribution in [3.63, 3.8) is 0 Å². The third kappa shape index (κ3) is 4.70. The van der Waals surface area contributed by atoms with E-state index in [1.54, 1.807) is 12.0 Å². The Morgan fingerprint density at radius 3 is 2.81 bits per heavy atom. The summed E-state index contributed by atoms with van der Waals surface area (Å²) >= 11 is 0. The van der Waals surface area contributed by atoms with Crippen LogP contribution in [0, 0.1) is 0 Å². The average Bonchev–Trinajstić information content (AvgIpc) is 2.93. The highest BCUT2D eigenvalue weighted by Gasteiger charge is 2.14. The topological polar surface area (TPSA) is 75.8 Å². The third-order valence-corrected chi connectivity index (χ3v) is 2.98. The molecule has 1 heterocycles. The lowest BCUT2D eigenvalue weighted by atomic mass is 10.1. The van der Waals surface area contributed by atoms with Crippen molar-refractivity contribution in [2.45, 2.75) is 6.54 Å². The van der Waals surface area contributed by atoms with E-state index in [9.17, 15) is 4.79 Å². The molecule has 0 radical (unpaired) electrons. The van der Waals surface area contributed by atoms with Gasteiger partial charge in [-0.2, -0.15) is 0 Å². The number of aliphatic carboxylic acids is 1. The van der Waals surface area contributed by atoms with Gasteiger partial charge in [0.05, 0.1) is 19.7 Å². The molecule has 21 heavy (non-hydrogen) atoms. The number of carboxylic acids is 1. The normalized spacial score (nSPS) is 11.0. The molecule has 0 unspecified atom stereocenters. The first kappa shape index (κ1) is 15.2. The molecule has 2 aromatic rings. The Labute approximate surface area is 122 Å². The van der Waals surface area contributed by atoms with Crippen molar-refractivity contribution in [2.75, 3.05) is 26.8 Å². The van der Waals surface area contributed by atoms with Crippen molar-refractivity contribution in [3.8, 4) is 11.3 Å². The van der Waals surface area contributed by atoms with Crippen LogP contribution in [-0.2, 0) is 16.1 Å². The van der Waals surface area contributed by atoms with Crippen LogP contribution in [0.1, 0.15) is 5.76 Å². The molecule has 0 saturated heterocycles. The Morgan fingerprint density at radius 2 is 2.14 bits per heavy atom. The zero-order valence-corrected chi connectivity index (χ0v) is 11.9. The van der Waals surface area contributed by atoms with Gasteiger partial charge in [0.15, 0.2) is 5.76 Å². The number of benzene rings is 1. The maximum absolute atomic E-state index is 10.9. The van der Waals surface area contributed by atoms with Gasteiger partial charge in [0, 0.05) is 25.3 Å². The molecule has 1 aromatic carbocycles. The lowest BCUT2D eigenvalue weighted by Gasteiger charge is -2.17. The molecule has 0 bridgehead atoms. The van der Waals surface area contributed by atoms with E-state index in [2.05, 4.69) is 5.16 Å². The smallest absolute Gasteiger partial charge is 0.317 e. The van der Waals surface area contributed by atoms with Gasteiger partial charge < -0.3 is 14.4 Å². The first-order valence-electron chi connectivity index (χ1n) is 6.63. The minimum atomic E-state index is -0.881. The van der Waals surface area contributed by atoms with Crippen LogP contribution in [0.15, 0.2) is 40.9 Å². The minimum Gasteiger partial charge on any atom is -0.480 e. The quantitative estimate of drug-likeness (QED) is 0.800. The van der Waals surface area contributed by atoms with Gasteiger partial charge in [-0.05, 0) is 0 Å². The summed E-state index contributed by atoms with van der Waals surface area (Å²) in [7, 11) is 1.58. The summed E-state index contributed by atoms with van der Waals surface area (Å²) in [4.78, 5) is 12.6. The fourth-order valence-corrected chi connectivity index (χ4v) is 1.98. The van der Waals surface area contributed by atoms with E-state index in [1.807, 2.05) is 36.4 Å². The Hall–Kier alpha value is -2.18. The fourth-order valence-electron chi connectivity index (χ4n) is 1.98. The molecule has 0 fully saturated rings. The van der Waals surface area contributed by atoms with Gasteiger partial charge in [0.2, 0.25) is 0 Å². The van der Waals surface area contributed by atoms with Crippen LogP contribution < -0.4 is 0 Å². The van der Waals surface area contributed by atoms with Crippen LogP contribution in [0.2, 0.25) is 0 Å².